The molecule has 1 heterocycles. The van der Waals surface area contributed by atoms with Crippen LogP contribution in [0.4, 0.5) is 0 Å². The monoisotopic (exact) mass is 186 g/mol. The molecule has 1 atom stereocenters. The highest BCUT2D eigenvalue weighted by Crippen LogP contribution is 2.24. The molecule has 0 spiro atoms. The van der Waals surface area contributed by atoms with Gasteiger partial charge in [-0.25, -0.2) is 0 Å². The summed E-state index contributed by atoms with van der Waals surface area (Å²) in [5.74, 6) is 1.43. The number of hydrogen-bond acceptors (Lipinski definition) is 1. The van der Waals surface area contributed by atoms with Gasteiger partial charge < -0.3 is 0 Å². The molecule has 0 amide bonds. The zero-order valence-electron chi connectivity index (χ0n) is 8.83. The molecule has 0 N–H and O–H groups in total. The number of aliphatic imine (C=N–C) groups is 1. The molecule has 0 bridgehead atoms. The summed E-state index contributed by atoms with van der Waals surface area (Å²) in [6, 6.07) is 11.0. The molecule has 0 aromatic heterocycles. The summed E-state index contributed by atoms with van der Waals surface area (Å²) < 4.78 is 0. The maximum atomic E-state index is 4.74. The van der Waals surface area contributed by atoms with Crippen molar-refractivity contribution >= 4 is 5.71 Å². The minimum absolute atomic E-state index is 0.463. The summed E-state index contributed by atoms with van der Waals surface area (Å²) in [6.45, 7) is 4.34. The quantitative estimate of drug-likeness (QED) is 0.672. The molecule has 1 aliphatic rings. The molecule has 1 radical (unpaired) electrons. The summed E-state index contributed by atoms with van der Waals surface area (Å²) in [7, 11) is 0. The van der Waals surface area contributed by atoms with E-state index in [4.69, 9.17) is 4.99 Å². The SMILES string of the molecule is C[C](C)C1CCC(c2ccccc2)=N1. The lowest BCUT2D eigenvalue weighted by atomic mass is 10.0. The fourth-order valence-electron chi connectivity index (χ4n) is 1.86. The maximum Gasteiger partial charge on any atom is 0.0563 e. The van der Waals surface area contributed by atoms with Gasteiger partial charge in [0.05, 0.1) is 6.04 Å². The predicted molar refractivity (Wildman–Crippen MR) is 60.6 cm³/mol. The van der Waals surface area contributed by atoms with Crippen molar-refractivity contribution in [2.24, 2.45) is 4.99 Å². The van der Waals surface area contributed by atoms with Gasteiger partial charge in [0.15, 0.2) is 0 Å². The minimum atomic E-state index is 0.463. The zero-order chi connectivity index (χ0) is 9.97. The van der Waals surface area contributed by atoms with E-state index in [1.54, 1.807) is 0 Å². The van der Waals surface area contributed by atoms with E-state index in [1.807, 2.05) is 6.07 Å². The molecular weight excluding hydrogens is 170 g/mol. The van der Waals surface area contributed by atoms with Gasteiger partial charge in [-0.05, 0) is 24.3 Å². The molecule has 1 aromatic carbocycles. The number of benzene rings is 1. The smallest absolute Gasteiger partial charge is 0.0563 e. The largest absolute Gasteiger partial charge is 0.285 e. The first-order valence-corrected chi connectivity index (χ1v) is 5.19. The Morgan fingerprint density at radius 3 is 2.50 bits per heavy atom. The molecule has 1 aromatic rings. The zero-order valence-corrected chi connectivity index (χ0v) is 8.83. The molecular formula is C13H16N. The Morgan fingerprint density at radius 1 is 1.21 bits per heavy atom. The van der Waals surface area contributed by atoms with Crippen molar-refractivity contribution in [2.75, 3.05) is 0 Å². The third-order valence-corrected chi connectivity index (χ3v) is 2.74. The van der Waals surface area contributed by atoms with E-state index in [-0.39, 0.29) is 0 Å². The van der Waals surface area contributed by atoms with Crippen LogP contribution in [0.3, 0.4) is 0 Å². The summed E-state index contributed by atoms with van der Waals surface area (Å²) >= 11 is 0. The molecule has 1 aliphatic heterocycles. The molecule has 73 valence electrons. The van der Waals surface area contributed by atoms with Gasteiger partial charge in [0, 0.05) is 5.71 Å². The summed E-state index contributed by atoms with van der Waals surface area (Å²) in [5, 5.41) is 0. The third-order valence-electron chi connectivity index (χ3n) is 2.74. The molecule has 2 rings (SSSR count). The van der Waals surface area contributed by atoms with E-state index in [1.165, 1.54) is 23.6 Å². The third kappa shape index (κ3) is 1.87. The van der Waals surface area contributed by atoms with E-state index >= 15 is 0 Å². The van der Waals surface area contributed by atoms with Crippen molar-refractivity contribution in [3.63, 3.8) is 0 Å². The van der Waals surface area contributed by atoms with E-state index in [9.17, 15) is 0 Å². The van der Waals surface area contributed by atoms with E-state index < -0.39 is 0 Å². The van der Waals surface area contributed by atoms with Crippen LogP contribution in [0.1, 0.15) is 32.3 Å². The summed E-state index contributed by atoms with van der Waals surface area (Å²) in [6.07, 6.45) is 2.31. The van der Waals surface area contributed by atoms with Crippen LogP contribution < -0.4 is 0 Å². The molecule has 0 saturated heterocycles. The van der Waals surface area contributed by atoms with Crippen LogP contribution in [-0.2, 0) is 0 Å². The van der Waals surface area contributed by atoms with E-state index in [0.29, 0.717) is 6.04 Å². The van der Waals surface area contributed by atoms with Gasteiger partial charge in [-0.1, -0.05) is 44.2 Å². The van der Waals surface area contributed by atoms with Crippen LogP contribution in [0.5, 0.6) is 0 Å². The van der Waals surface area contributed by atoms with Crippen LogP contribution in [0.25, 0.3) is 0 Å². The molecule has 1 nitrogen and oxygen atoms in total. The number of rotatable bonds is 2. The highest BCUT2D eigenvalue weighted by atomic mass is 14.8. The van der Waals surface area contributed by atoms with Gasteiger partial charge in [0.1, 0.15) is 0 Å². The Balaban J connectivity index is 2.18. The average molecular weight is 186 g/mol. The number of nitrogens with zero attached hydrogens (tertiary/aromatic N) is 1. The lowest BCUT2D eigenvalue weighted by Crippen LogP contribution is -2.05. The lowest BCUT2D eigenvalue weighted by Gasteiger charge is -2.08. The second-order valence-electron chi connectivity index (χ2n) is 4.07. The van der Waals surface area contributed by atoms with Crippen molar-refractivity contribution in [1.82, 2.24) is 0 Å². The second-order valence-corrected chi connectivity index (χ2v) is 4.07. The van der Waals surface area contributed by atoms with E-state index in [0.717, 1.165) is 6.42 Å². The van der Waals surface area contributed by atoms with Crippen molar-refractivity contribution in [1.29, 1.82) is 0 Å². The summed E-state index contributed by atoms with van der Waals surface area (Å²) in [4.78, 5) is 4.74. The van der Waals surface area contributed by atoms with Crippen molar-refractivity contribution < 1.29 is 0 Å². The Kier molecular flexibility index (Phi) is 2.67. The Bertz CT molecular complexity index is 324. The standard InChI is InChI=1S/C13H16N/c1-10(2)12-8-9-13(14-12)11-6-4-3-5-7-11/h3-7,12H,8-9H2,1-2H3. The van der Waals surface area contributed by atoms with Crippen LogP contribution in [0, 0.1) is 5.92 Å². The predicted octanol–water partition coefficient (Wildman–Crippen LogP) is 3.25. The molecule has 14 heavy (non-hydrogen) atoms. The molecule has 1 unspecified atom stereocenters. The Hall–Kier alpha value is -1.11. The fraction of sp³-hybridized carbons (Fsp3) is 0.385. The molecule has 0 saturated carbocycles. The average Bonchev–Trinajstić information content (AvgIpc) is 2.68. The number of hydrogen-bond donors (Lipinski definition) is 0. The molecule has 1 heteroatoms. The van der Waals surface area contributed by atoms with Gasteiger partial charge in [-0.2, -0.15) is 0 Å². The summed E-state index contributed by atoms with van der Waals surface area (Å²) in [5.41, 5.74) is 2.56. The highest BCUT2D eigenvalue weighted by Gasteiger charge is 2.20. The van der Waals surface area contributed by atoms with Crippen LogP contribution >= 0.6 is 0 Å². The Labute approximate surface area is 85.9 Å². The lowest BCUT2D eigenvalue weighted by molar-refractivity contribution is 0.685. The van der Waals surface area contributed by atoms with Gasteiger partial charge >= 0.3 is 0 Å². The van der Waals surface area contributed by atoms with Crippen molar-refractivity contribution in [3.8, 4) is 0 Å². The van der Waals surface area contributed by atoms with Crippen LogP contribution in [-0.4, -0.2) is 11.8 Å². The van der Waals surface area contributed by atoms with Crippen LogP contribution in [0.15, 0.2) is 35.3 Å². The molecule has 0 fully saturated rings. The first-order valence-electron chi connectivity index (χ1n) is 5.19. The minimum Gasteiger partial charge on any atom is -0.285 e. The maximum absolute atomic E-state index is 4.74. The first-order chi connectivity index (χ1) is 6.77. The topological polar surface area (TPSA) is 12.4 Å². The molecule has 0 aliphatic carbocycles. The van der Waals surface area contributed by atoms with E-state index in [2.05, 4.69) is 38.1 Å². The van der Waals surface area contributed by atoms with Gasteiger partial charge in [0.25, 0.3) is 0 Å². The Morgan fingerprint density at radius 2 is 1.93 bits per heavy atom. The van der Waals surface area contributed by atoms with Gasteiger partial charge in [0.2, 0.25) is 0 Å². The normalized spacial score (nSPS) is 21.4. The highest BCUT2D eigenvalue weighted by molar-refractivity contribution is 6.01. The van der Waals surface area contributed by atoms with Crippen molar-refractivity contribution in [3.05, 3.63) is 41.8 Å². The van der Waals surface area contributed by atoms with Gasteiger partial charge in [-0.3, -0.25) is 4.99 Å². The first kappa shape index (κ1) is 9.45. The van der Waals surface area contributed by atoms with Crippen LogP contribution in [0.2, 0.25) is 0 Å². The van der Waals surface area contributed by atoms with Crippen molar-refractivity contribution in [2.45, 2.75) is 32.7 Å². The fourth-order valence-corrected chi connectivity index (χ4v) is 1.86. The second kappa shape index (κ2) is 3.95. The van der Waals surface area contributed by atoms with Gasteiger partial charge in [-0.15, -0.1) is 0 Å².